The van der Waals surface area contributed by atoms with Gasteiger partial charge in [0, 0.05) is 42.4 Å². The zero-order valence-electron chi connectivity index (χ0n) is 18.1. The number of rotatable bonds is 4. The van der Waals surface area contributed by atoms with Crippen molar-refractivity contribution in [1.29, 1.82) is 0 Å². The Bertz CT molecular complexity index is 1180. The first-order chi connectivity index (χ1) is 15.7. The summed E-state index contributed by atoms with van der Waals surface area (Å²) in [6.07, 6.45) is 3.56. The van der Waals surface area contributed by atoms with Crippen molar-refractivity contribution in [2.24, 2.45) is 0 Å². The van der Waals surface area contributed by atoms with Crippen LogP contribution < -0.4 is 10.2 Å². The number of hydrogen-bond donors (Lipinski definition) is 1. The van der Waals surface area contributed by atoms with Crippen LogP contribution in [0.3, 0.4) is 0 Å². The fourth-order valence-electron chi connectivity index (χ4n) is 3.83. The molecule has 1 aliphatic heterocycles. The van der Waals surface area contributed by atoms with E-state index in [2.05, 4.69) is 45.5 Å². The van der Waals surface area contributed by atoms with Crippen molar-refractivity contribution in [3.63, 3.8) is 0 Å². The highest BCUT2D eigenvalue weighted by Gasteiger charge is 2.20. The lowest BCUT2D eigenvalue weighted by Crippen LogP contribution is -2.36. The Morgan fingerprint density at radius 1 is 1.03 bits per heavy atom. The normalized spacial score (nSPS) is 13.5. The first kappa shape index (κ1) is 21.5. The van der Waals surface area contributed by atoms with E-state index in [0.29, 0.717) is 22.9 Å². The highest BCUT2D eigenvalue weighted by molar-refractivity contribution is 5.81. The average Bonchev–Trinajstić information content (AvgIpc) is 3.19. The predicted octanol–water partition coefficient (Wildman–Crippen LogP) is 5.23. The molecule has 2 aromatic heterocycles. The number of nitrogens with one attached hydrogen (secondary N) is 1. The van der Waals surface area contributed by atoms with E-state index >= 15 is 0 Å². The highest BCUT2D eigenvalue weighted by atomic mass is 19.1. The second-order valence-corrected chi connectivity index (χ2v) is 7.30. The van der Waals surface area contributed by atoms with E-state index in [1.165, 1.54) is 6.07 Å². The zero-order valence-corrected chi connectivity index (χ0v) is 18.1. The summed E-state index contributed by atoms with van der Waals surface area (Å²) in [7, 11) is 0. The summed E-state index contributed by atoms with van der Waals surface area (Å²) in [5.41, 5.74) is 3.91. The van der Waals surface area contributed by atoms with E-state index in [4.69, 9.17) is 4.74 Å². The van der Waals surface area contributed by atoms with E-state index in [1.807, 2.05) is 41.8 Å². The third-order valence-corrected chi connectivity index (χ3v) is 5.37. The van der Waals surface area contributed by atoms with Crippen LogP contribution in [0.4, 0.5) is 21.6 Å². The molecule has 0 radical (unpaired) electrons. The number of imidazole rings is 1. The number of aromatic nitrogens is 3. The molecule has 0 atom stereocenters. The summed E-state index contributed by atoms with van der Waals surface area (Å²) in [5.74, 6) is 0.900. The monoisotopic (exact) mass is 431 g/mol. The molecule has 1 saturated heterocycles. The zero-order chi connectivity index (χ0) is 22.5. The molecule has 0 bridgehead atoms. The van der Waals surface area contributed by atoms with E-state index in [9.17, 15) is 4.39 Å². The number of hydrogen-bond acceptors (Lipinski definition) is 5. The third-order valence-electron chi connectivity index (χ3n) is 5.37. The summed E-state index contributed by atoms with van der Waals surface area (Å²) in [6.45, 7) is 11.2. The molecular formula is C25H26FN5O. The van der Waals surface area contributed by atoms with E-state index in [1.54, 1.807) is 12.3 Å². The molecule has 4 aromatic rings. The minimum Gasteiger partial charge on any atom is -0.378 e. The van der Waals surface area contributed by atoms with Crippen LogP contribution in [0.15, 0.2) is 74.1 Å². The van der Waals surface area contributed by atoms with Crippen molar-refractivity contribution in [1.82, 2.24) is 14.4 Å². The molecule has 0 spiro atoms. The number of fused-ring (bicyclic) bond motifs is 1. The Hall–Kier alpha value is -3.71. The summed E-state index contributed by atoms with van der Waals surface area (Å²) in [6, 6.07) is 15.1. The number of halogens is 1. The van der Waals surface area contributed by atoms with E-state index in [-0.39, 0.29) is 5.82 Å². The average molecular weight is 432 g/mol. The van der Waals surface area contributed by atoms with Gasteiger partial charge in [-0.25, -0.2) is 14.4 Å². The van der Waals surface area contributed by atoms with E-state index in [0.717, 1.165) is 43.2 Å². The second kappa shape index (κ2) is 9.62. The van der Waals surface area contributed by atoms with Gasteiger partial charge in [0.1, 0.15) is 17.3 Å². The molecular weight excluding hydrogens is 405 g/mol. The van der Waals surface area contributed by atoms with Gasteiger partial charge in [-0.3, -0.25) is 4.40 Å². The van der Waals surface area contributed by atoms with Crippen molar-refractivity contribution in [2.75, 3.05) is 36.5 Å². The molecule has 0 aliphatic carbocycles. The first-order valence-electron chi connectivity index (χ1n) is 10.5. The Morgan fingerprint density at radius 2 is 1.78 bits per heavy atom. The molecule has 0 saturated carbocycles. The second-order valence-electron chi connectivity index (χ2n) is 7.30. The third kappa shape index (κ3) is 4.20. The van der Waals surface area contributed by atoms with Gasteiger partial charge in [0.2, 0.25) is 5.78 Å². The Labute approximate surface area is 187 Å². The maximum atomic E-state index is 14.7. The van der Waals surface area contributed by atoms with E-state index < -0.39 is 0 Å². The molecule has 6 nitrogen and oxygen atoms in total. The molecule has 0 unspecified atom stereocenters. The van der Waals surface area contributed by atoms with Crippen LogP contribution in [0.2, 0.25) is 0 Å². The molecule has 1 aliphatic rings. The molecule has 0 amide bonds. The van der Waals surface area contributed by atoms with Gasteiger partial charge in [-0.2, -0.15) is 0 Å². The SMILES string of the molecule is C=C.Cc1cccc(F)c1-c1nc2ncccn2c1Nc1ccc(N2CCOCC2)cc1. The molecule has 5 rings (SSSR count). The highest BCUT2D eigenvalue weighted by Crippen LogP contribution is 2.34. The molecule has 1 fully saturated rings. The lowest BCUT2D eigenvalue weighted by Gasteiger charge is -2.29. The van der Waals surface area contributed by atoms with Crippen molar-refractivity contribution in [3.8, 4) is 11.3 Å². The molecule has 164 valence electrons. The number of anilines is 3. The van der Waals surface area contributed by atoms with Crippen LogP contribution in [0.25, 0.3) is 17.0 Å². The van der Waals surface area contributed by atoms with Gasteiger partial charge in [-0.05, 0) is 48.9 Å². The van der Waals surface area contributed by atoms with Crippen molar-refractivity contribution in [2.45, 2.75) is 6.92 Å². The lowest BCUT2D eigenvalue weighted by atomic mass is 10.0. The van der Waals surface area contributed by atoms with Crippen LogP contribution in [-0.4, -0.2) is 40.7 Å². The molecule has 3 heterocycles. The van der Waals surface area contributed by atoms with Gasteiger partial charge in [-0.1, -0.05) is 12.1 Å². The number of nitrogens with zero attached hydrogens (tertiary/aromatic N) is 4. The number of ether oxygens (including phenoxy) is 1. The lowest BCUT2D eigenvalue weighted by molar-refractivity contribution is 0.122. The summed E-state index contributed by atoms with van der Waals surface area (Å²) >= 11 is 0. The molecule has 7 heteroatoms. The van der Waals surface area contributed by atoms with Crippen LogP contribution in [0, 0.1) is 12.7 Å². The van der Waals surface area contributed by atoms with Gasteiger partial charge in [0.05, 0.1) is 13.2 Å². The van der Waals surface area contributed by atoms with Crippen LogP contribution >= 0.6 is 0 Å². The van der Waals surface area contributed by atoms with Gasteiger partial charge in [0.25, 0.3) is 0 Å². The maximum Gasteiger partial charge on any atom is 0.235 e. The number of morpholine rings is 1. The first-order valence-corrected chi connectivity index (χ1v) is 10.5. The maximum absolute atomic E-state index is 14.7. The fourth-order valence-corrected chi connectivity index (χ4v) is 3.83. The van der Waals surface area contributed by atoms with Crippen LogP contribution in [0.5, 0.6) is 0 Å². The van der Waals surface area contributed by atoms with Gasteiger partial charge >= 0.3 is 0 Å². The molecule has 1 N–H and O–H groups in total. The summed E-state index contributed by atoms with van der Waals surface area (Å²) in [5, 5.41) is 3.43. The quantitative estimate of drug-likeness (QED) is 0.449. The Morgan fingerprint density at radius 3 is 2.50 bits per heavy atom. The van der Waals surface area contributed by atoms with Crippen LogP contribution in [-0.2, 0) is 4.74 Å². The van der Waals surface area contributed by atoms with Crippen molar-refractivity contribution < 1.29 is 9.13 Å². The molecule has 32 heavy (non-hydrogen) atoms. The van der Waals surface area contributed by atoms with Gasteiger partial charge in [-0.15, -0.1) is 13.2 Å². The summed E-state index contributed by atoms with van der Waals surface area (Å²) in [4.78, 5) is 11.3. The predicted molar refractivity (Wildman–Crippen MR) is 127 cm³/mol. The van der Waals surface area contributed by atoms with Gasteiger partial charge < -0.3 is 15.0 Å². The van der Waals surface area contributed by atoms with Crippen molar-refractivity contribution in [3.05, 3.63) is 85.5 Å². The number of benzene rings is 2. The largest absolute Gasteiger partial charge is 0.378 e. The minimum atomic E-state index is -0.302. The molecule has 2 aromatic carbocycles. The topological polar surface area (TPSA) is 54.7 Å². The number of aryl methyl sites for hydroxylation is 1. The Kier molecular flexibility index (Phi) is 6.47. The summed E-state index contributed by atoms with van der Waals surface area (Å²) < 4.78 is 22.0. The smallest absolute Gasteiger partial charge is 0.235 e. The van der Waals surface area contributed by atoms with Crippen LogP contribution in [0.1, 0.15) is 5.56 Å². The fraction of sp³-hybridized carbons (Fsp3) is 0.200. The van der Waals surface area contributed by atoms with Crippen molar-refractivity contribution >= 4 is 23.0 Å². The Balaban J connectivity index is 0.00000119. The van der Waals surface area contributed by atoms with Gasteiger partial charge in [0.15, 0.2) is 0 Å². The standard InChI is InChI=1S/C23H22FN5O.C2H4/c1-16-4-2-5-19(24)20(16)21-22(29-11-3-10-25-23(29)27-21)26-17-6-8-18(9-7-17)28-12-14-30-15-13-28;1-2/h2-11,26H,12-15H2,1H3;1-2H2. The minimum absolute atomic E-state index is 0.302.